The molecule has 0 fully saturated rings. The predicted octanol–water partition coefficient (Wildman–Crippen LogP) is 11.5. The maximum Gasteiger partial charge on any atom is 0.0647 e. The van der Waals surface area contributed by atoms with Crippen molar-refractivity contribution < 1.29 is 0 Å². The highest BCUT2D eigenvalue weighted by Crippen LogP contribution is 2.44. The molecule has 45 heavy (non-hydrogen) atoms. The lowest BCUT2D eigenvalue weighted by atomic mass is 9.85. The molecule has 0 bridgehead atoms. The molecule has 0 heterocycles. The van der Waals surface area contributed by atoms with Gasteiger partial charge in [-0.3, -0.25) is 0 Å². The third kappa shape index (κ3) is 5.17. The Morgan fingerprint density at radius 3 is 1.60 bits per heavy atom. The maximum atomic E-state index is 6.50. The van der Waals surface area contributed by atoms with Crippen LogP contribution in [0.5, 0.6) is 0 Å². The van der Waals surface area contributed by atoms with E-state index in [0.29, 0.717) is 6.54 Å². The summed E-state index contributed by atoms with van der Waals surface area (Å²) < 4.78 is 0. The summed E-state index contributed by atoms with van der Waals surface area (Å²) in [6.07, 6.45) is 3.79. The molecule has 0 amide bonds. The quantitative estimate of drug-likeness (QED) is 0.144. The van der Waals surface area contributed by atoms with E-state index in [0.717, 1.165) is 28.2 Å². The minimum atomic E-state index is 0.715. The van der Waals surface area contributed by atoms with Crippen LogP contribution in [0, 0.1) is 0 Å². The Morgan fingerprint density at radius 2 is 1.02 bits per heavy atom. The first kappa shape index (κ1) is 27.9. The Morgan fingerprint density at radius 1 is 0.511 bits per heavy atom. The van der Waals surface area contributed by atoms with Crippen molar-refractivity contribution >= 4 is 50.8 Å². The minimum Gasteiger partial charge on any atom is -0.397 e. The summed E-state index contributed by atoms with van der Waals surface area (Å²) in [7, 11) is 0. The van der Waals surface area contributed by atoms with Crippen molar-refractivity contribution in [3.63, 3.8) is 0 Å². The lowest BCUT2D eigenvalue weighted by molar-refractivity contribution is 0.977. The highest BCUT2D eigenvalue weighted by Gasteiger charge is 2.18. The summed E-state index contributed by atoms with van der Waals surface area (Å²) in [4.78, 5) is 2.29. The van der Waals surface area contributed by atoms with Crippen molar-refractivity contribution in [3.05, 3.63) is 175 Å². The first-order chi connectivity index (χ1) is 22.2. The normalized spacial score (nSPS) is 11.0. The standard InChI is InChI=1S/C43H34N2/c1-3-31-22-23-34(28-32(31)4-2)43-38-18-10-8-16-36(38)42(37-17-9-11-19-39(37)43)33-24-26-35(27-25-33)45(29-30-14-6-5-7-15-30)41-21-13-12-20-40(41)44/h3-28H,1-2,29,44H2. The summed E-state index contributed by atoms with van der Waals surface area (Å²) in [5, 5.41) is 4.89. The van der Waals surface area contributed by atoms with Gasteiger partial charge >= 0.3 is 0 Å². The maximum absolute atomic E-state index is 6.50. The molecule has 0 unspecified atom stereocenters. The summed E-state index contributed by atoms with van der Waals surface area (Å²) in [6, 6.07) is 51.6. The molecule has 7 rings (SSSR count). The Balaban J connectivity index is 1.40. The number of para-hydroxylation sites is 2. The largest absolute Gasteiger partial charge is 0.397 e. The van der Waals surface area contributed by atoms with Gasteiger partial charge in [0, 0.05) is 12.2 Å². The average molecular weight is 579 g/mol. The van der Waals surface area contributed by atoms with Gasteiger partial charge in [0.25, 0.3) is 0 Å². The van der Waals surface area contributed by atoms with E-state index in [1.807, 2.05) is 36.4 Å². The molecule has 0 aliphatic rings. The van der Waals surface area contributed by atoms with Crippen LogP contribution in [0.15, 0.2) is 159 Å². The van der Waals surface area contributed by atoms with Crippen molar-refractivity contribution in [2.75, 3.05) is 10.6 Å². The number of benzene rings is 7. The number of nitrogens with zero attached hydrogens (tertiary/aromatic N) is 1. The molecule has 0 aliphatic heterocycles. The molecule has 0 saturated heterocycles. The van der Waals surface area contributed by atoms with Crippen molar-refractivity contribution in [1.29, 1.82) is 0 Å². The number of hydrogen-bond donors (Lipinski definition) is 1. The van der Waals surface area contributed by atoms with E-state index in [-0.39, 0.29) is 0 Å². The van der Waals surface area contributed by atoms with Gasteiger partial charge in [0.15, 0.2) is 0 Å². The molecule has 0 aromatic heterocycles. The van der Waals surface area contributed by atoms with E-state index in [1.54, 1.807) is 0 Å². The number of nitrogen functional groups attached to an aromatic ring is 1. The summed E-state index contributed by atoms with van der Waals surface area (Å²) in [5.74, 6) is 0. The number of rotatable bonds is 8. The Labute approximate surface area is 265 Å². The predicted molar refractivity (Wildman–Crippen MR) is 196 cm³/mol. The Hall–Kier alpha value is -5.86. The van der Waals surface area contributed by atoms with Crippen LogP contribution in [0.2, 0.25) is 0 Å². The van der Waals surface area contributed by atoms with Crippen molar-refractivity contribution in [2.45, 2.75) is 6.54 Å². The average Bonchev–Trinajstić information content (AvgIpc) is 3.10. The minimum absolute atomic E-state index is 0.715. The fourth-order valence-electron chi connectivity index (χ4n) is 6.47. The molecule has 2 N–H and O–H groups in total. The Bertz CT molecular complexity index is 2120. The number of fused-ring (bicyclic) bond motifs is 2. The van der Waals surface area contributed by atoms with Crippen LogP contribution in [0.4, 0.5) is 17.1 Å². The van der Waals surface area contributed by atoms with Crippen LogP contribution >= 0.6 is 0 Å². The molecule has 2 nitrogen and oxygen atoms in total. The SMILES string of the molecule is C=Cc1ccc(-c2c3ccccc3c(-c3ccc(N(Cc4ccccc4)c4ccccc4N)cc3)c3ccccc23)cc1C=C. The number of anilines is 3. The lowest BCUT2D eigenvalue weighted by Crippen LogP contribution is -2.17. The van der Waals surface area contributed by atoms with Gasteiger partial charge in [-0.25, -0.2) is 0 Å². The molecule has 0 saturated carbocycles. The van der Waals surface area contributed by atoms with Crippen LogP contribution in [0.3, 0.4) is 0 Å². The van der Waals surface area contributed by atoms with E-state index in [9.17, 15) is 0 Å². The van der Waals surface area contributed by atoms with Crippen LogP contribution in [-0.2, 0) is 6.54 Å². The second-order valence-electron chi connectivity index (χ2n) is 11.3. The molecule has 0 spiro atoms. The zero-order valence-electron chi connectivity index (χ0n) is 25.2. The lowest BCUT2D eigenvalue weighted by Gasteiger charge is -2.27. The molecule has 7 aromatic carbocycles. The first-order valence-corrected chi connectivity index (χ1v) is 15.3. The highest BCUT2D eigenvalue weighted by atomic mass is 15.1. The Kier molecular flexibility index (Phi) is 7.47. The van der Waals surface area contributed by atoms with Gasteiger partial charge in [-0.15, -0.1) is 0 Å². The van der Waals surface area contributed by atoms with Gasteiger partial charge < -0.3 is 10.6 Å². The first-order valence-electron chi connectivity index (χ1n) is 15.3. The topological polar surface area (TPSA) is 29.3 Å². The van der Waals surface area contributed by atoms with E-state index in [2.05, 4.69) is 139 Å². The summed E-state index contributed by atoms with van der Waals surface area (Å²) in [6.45, 7) is 8.77. The van der Waals surface area contributed by atoms with Gasteiger partial charge in [-0.1, -0.05) is 141 Å². The molecule has 0 aliphatic carbocycles. The molecule has 2 heteroatoms. The highest BCUT2D eigenvalue weighted by molar-refractivity contribution is 6.21. The molecule has 7 aromatic rings. The fraction of sp³-hybridized carbons (Fsp3) is 0.0233. The molecular weight excluding hydrogens is 544 g/mol. The molecule has 0 radical (unpaired) electrons. The van der Waals surface area contributed by atoms with Crippen LogP contribution < -0.4 is 10.6 Å². The van der Waals surface area contributed by atoms with E-state index in [1.165, 1.54) is 49.4 Å². The van der Waals surface area contributed by atoms with Crippen molar-refractivity contribution in [3.8, 4) is 22.3 Å². The van der Waals surface area contributed by atoms with E-state index in [4.69, 9.17) is 5.73 Å². The van der Waals surface area contributed by atoms with Crippen molar-refractivity contribution in [2.24, 2.45) is 0 Å². The van der Waals surface area contributed by atoms with Gasteiger partial charge in [0.05, 0.1) is 11.4 Å². The van der Waals surface area contributed by atoms with Gasteiger partial charge in [-0.05, 0) is 90.8 Å². The van der Waals surface area contributed by atoms with E-state index < -0.39 is 0 Å². The van der Waals surface area contributed by atoms with Gasteiger partial charge in [0.2, 0.25) is 0 Å². The van der Waals surface area contributed by atoms with Crippen LogP contribution in [-0.4, -0.2) is 0 Å². The van der Waals surface area contributed by atoms with E-state index >= 15 is 0 Å². The van der Waals surface area contributed by atoms with Crippen LogP contribution in [0.25, 0.3) is 56.0 Å². The third-order valence-corrected chi connectivity index (χ3v) is 8.63. The number of hydrogen-bond acceptors (Lipinski definition) is 2. The smallest absolute Gasteiger partial charge is 0.0647 e. The summed E-state index contributed by atoms with van der Waals surface area (Å²) in [5.41, 5.74) is 17.5. The zero-order chi connectivity index (χ0) is 30.8. The second kappa shape index (κ2) is 12.0. The third-order valence-electron chi connectivity index (χ3n) is 8.63. The zero-order valence-corrected chi connectivity index (χ0v) is 25.2. The van der Waals surface area contributed by atoms with Crippen molar-refractivity contribution in [1.82, 2.24) is 0 Å². The molecular formula is C43H34N2. The second-order valence-corrected chi connectivity index (χ2v) is 11.3. The monoisotopic (exact) mass is 578 g/mol. The summed E-state index contributed by atoms with van der Waals surface area (Å²) >= 11 is 0. The van der Waals surface area contributed by atoms with Gasteiger partial charge in [0.1, 0.15) is 0 Å². The van der Waals surface area contributed by atoms with Crippen LogP contribution in [0.1, 0.15) is 16.7 Å². The number of nitrogens with two attached hydrogens (primary N) is 1. The molecule has 216 valence electrons. The molecule has 0 atom stereocenters. The van der Waals surface area contributed by atoms with Gasteiger partial charge in [-0.2, -0.15) is 0 Å². The fourth-order valence-corrected chi connectivity index (χ4v) is 6.47.